The van der Waals surface area contributed by atoms with Crippen molar-refractivity contribution in [3.05, 3.63) is 182 Å². The van der Waals surface area contributed by atoms with Crippen LogP contribution in [0.5, 0.6) is 0 Å². The molecule has 0 heterocycles. The second kappa shape index (κ2) is 86.0. The molecule has 0 bridgehead atoms. The van der Waals surface area contributed by atoms with E-state index in [1.54, 1.807) is 0 Å². The van der Waals surface area contributed by atoms with Gasteiger partial charge in [0, 0.05) is 19.3 Å². The van der Waals surface area contributed by atoms with Crippen LogP contribution in [0, 0.1) is 0 Å². The van der Waals surface area contributed by atoms with Crippen molar-refractivity contribution < 1.29 is 75.8 Å². The molecule has 644 valence electrons. The number of carbonyl (C=O) groups excluding carboxylic acids is 3. The Bertz CT molecular complexity index is 2780. The number of ether oxygens (including phenoxy) is 3. The molecule has 0 amide bonds. The highest BCUT2D eigenvalue weighted by molar-refractivity contribution is 7.47. The Labute approximate surface area is 687 Å². The van der Waals surface area contributed by atoms with E-state index in [0.717, 1.165) is 167 Å². The second-order valence-corrected chi connectivity index (χ2v) is 31.8. The lowest BCUT2D eigenvalue weighted by atomic mass is 10.0. The number of phosphoric ester groups is 2. The number of aliphatic hydroxyl groups excluding tert-OH is 2. The van der Waals surface area contributed by atoms with Crippen LogP contribution in [0.1, 0.15) is 342 Å². The zero-order valence-electron chi connectivity index (χ0n) is 70.7. The molecule has 0 saturated heterocycles. The molecule has 0 radical (unpaired) electrons. The molecule has 0 aromatic carbocycles. The van der Waals surface area contributed by atoms with Gasteiger partial charge >= 0.3 is 33.6 Å². The minimum atomic E-state index is -4.96. The summed E-state index contributed by atoms with van der Waals surface area (Å²) in [6, 6.07) is 0. The van der Waals surface area contributed by atoms with Crippen LogP contribution in [0.15, 0.2) is 182 Å². The highest BCUT2D eigenvalue weighted by Crippen LogP contribution is 2.45. The van der Waals surface area contributed by atoms with Crippen LogP contribution in [-0.2, 0) is 55.8 Å². The van der Waals surface area contributed by atoms with E-state index in [0.29, 0.717) is 19.3 Å². The van der Waals surface area contributed by atoms with Gasteiger partial charge in [0.15, 0.2) is 6.10 Å². The van der Waals surface area contributed by atoms with Crippen molar-refractivity contribution >= 4 is 33.6 Å². The molecule has 0 aliphatic rings. The summed E-state index contributed by atoms with van der Waals surface area (Å²) in [4.78, 5) is 58.9. The third kappa shape index (κ3) is 87.3. The Morgan fingerprint density at radius 3 is 0.743 bits per heavy atom. The lowest BCUT2D eigenvalue weighted by Gasteiger charge is -2.21. The molecule has 5 unspecified atom stereocenters. The molecule has 0 aliphatic heterocycles. The molecular weight excluding hydrogens is 1460 g/mol. The van der Waals surface area contributed by atoms with Gasteiger partial charge in [0.1, 0.15) is 25.4 Å². The first-order chi connectivity index (χ1) is 55.2. The molecule has 113 heavy (non-hydrogen) atoms. The number of carbonyl (C=O) groups is 3. The highest BCUT2D eigenvalue weighted by atomic mass is 31.2. The Hall–Kier alpha value is -5.35. The number of aliphatic hydroxyl groups is 2. The summed E-state index contributed by atoms with van der Waals surface area (Å²) in [5, 5.41) is 20.7. The minimum Gasteiger partial charge on any atom is -0.463 e. The van der Waals surface area contributed by atoms with Crippen LogP contribution in [0.4, 0.5) is 0 Å². The van der Waals surface area contributed by atoms with Crippen LogP contribution < -0.4 is 0 Å². The number of esters is 3. The fourth-order valence-corrected chi connectivity index (χ4v) is 13.1. The molecule has 0 spiro atoms. The molecule has 0 aliphatic carbocycles. The largest absolute Gasteiger partial charge is 0.472 e. The monoisotopic (exact) mass is 1620 g/mol. The number of allylic oxidation sites excluding steroid dienone is 30. The van der Waals surface area contributed by atoms with Crippen molar-refractivity contribution in [2.45, 2.75) is 360 Å². The molecule has 0 saturated carbocycles. The minimum absolute atomic E-state index is 0.0693. The number of unbranched alkanes of at least 4 members (excludes halogenated alkanes) is 29. The Kier molecular flexibility index (Phi) is 81.9. The van der Waals surface area contributed by atoms with Crippen molar-refractivity contribution in [2.75, 3.05) is 39.6 Å². The molecule has 0 fully saturated rings. The first-order valence-electron chi connectivity index (χ1n) is 44.1. The third-order valence-electron chi connectivity index (χ3n) is 18.1. The van der Waals surface area contributed by atoms with E-state index in [-0.39, 0.29) is 19.3 Å². The van der Waals surface area contributed by atoms with Crippen molar-refractivity contribution in [2.24, 2.45) is 0 Å². The first-order valence-corrected chi connectivity index (χ1v) is 47.1. The van der Waals surface area contributed by atoms with E-state index < -0.39 is 91.5 Å². The van der Waals surface area contributed by atoms with Crippen LogP contribution in [0.25, 0.3) is 0 Å². The number of phosphoric acid groups is 2. The summed E-state index contributed by atoms with van der Waals surface area (Å²) in [7, 11) is -9.83. The number of hydrogen-bond acceptors (Lipinski definition) is 14. The number of hydrogen-bond donors (Lipinski definition) is 4. The Morgan fingerprint density at radius 1 is 0.257 bits per heavy atom. The topological polar surface area (TPSA) is 231 Å². The van der Waals surface area contributed by atoms with Crippen LogP contribution in [0.2, 0.25) is 0 Å². The zero-order chi connectivity index (χ0) is 82.2. The lowest BCUT2D eigenvalue weighted by molar-refractivity contribution is -0.161. The van der Waals surface area contributed by atoms with E-state index >= 15 is 0 Å². The SMILES string of the molecule is CC/C=C\C/C=C\C/C=C\C/C=C\C/C=C\C/C=C\CCCCCCC(=O)OCC(COP(=O)(O)OCC(O)COP(=O)(O)OCC(O)COC(=O)CCCCCCCCCCCCCCCCCCC/C=C\C/C=C\C/C=C\C/C=C\CCCCC)OC(=O)CCCCCCC/C=C\C/C=C\C/C=C\C/C=C\C/C=C\CC. The fourth-order valence-electron chi connectivity index (χ4n) is 11.5. The molecule has 0 aromatic heterocycles. The average Bonchev–Trinajstić information content (AvgIpc) is 0.902. The van der Waals surface area contributed by atoms with Gasteiger partial charge in [-0.25, -0.2) is 9.13 Å². The predicted octanol–water partition coefficient (Wildman–Crippen LogP) is 26.9. The van der Waals surface area contributed by atoms with Crippen molar-refractivity contribution in [1.82, 2.24) is 0 Å². The predicted molar refractivity (Wildman–Crippen MR) is 472 cm³/mol. The smallest absolute Gasteiger partial charge is 0.463 e. The Morgan fingerprint density at radius 2 is 0.469 bits per heavy atom. The zero-order valence-corrected chi connectivity index (χ0v) is 72.5. The van der Waals surface area contributed by atoms with Gasteiger partial charge in [-0.15, -0.1) is 0 Å². The van der Waals surface area contributed by atoms with Gasteiger partial charge in [0.25, 0.3) is 0 Å². The van der Waals surface area contributed by atoms with Gasteiger partial charge in [-0.1, -0.05) is 344 Å². The maximum absolute atomic E-state index is 13.0. The molecule has 4 N–H and O–H groups in total. The lowest BCUT2D eigenvalue weighted by Crippen LogP contribution is -2.30. The molecule has 0 rings (SSSR count). The van der Waals surface area contributed by atoms with Crippen molar-refractivity contribution in [3.8, 4) is 0 Å². The van der Waals surface area contributed by atoms with E-state index in [1.807, 2.05) is 0 Å². The second-order valence-electron chi connectivity index (χ2n) is 28.9. The van der Waals surface area contributed by atoms with Crippen LogP contribution in [0.3, 0.4) is 0 Å². The summed E-state index contributed by atoms with van der Waals surface area (Å²) < 4.78 is 61.3. The van der Waals surface area contributed by atoms with Gasteiger partial charge in [-0.05, 0) is 161 Å². The van der Waals surface area contributed by atoms with Gasteiger partial charge in [-0.3, -0.25) is 32.5 Å². The third-order valence-corrected chi connectivity index (χ3v) is 20.0. The van der Waals surface area contributed by atoms with Crippen LogP contribution in [-0.4, -0.2) is 95.9 Å². The van der Waals surface area contributed by atoms with Crippen molar-refractivity contribution in [1.29, 1.82) is 0 Å². The standard InChI is InChI=1S/C95H158O16P2/c1-4-7-10-13-16-19-22-25-28-31-34-37-39-40-41-42-43-44-45-46-47-48-50-53-54-57-60-63-66-69-72-75-78-81-93(98)105-84-90(96)85-107-112(101,102)108-86-91(97)87-109-113(103,104)110-89-92(111-95(100)83-80-77-74-71-68-65-62-59-56-51-36-33-30-27-24-21-18-15-12-9-6-3)88-106-94(99)82-79-76-73-70-67-64-61-58-55-52-49-38-35-32-29-26-23-20-17-14-11-8-5-2/h8-9,11-12,16-21,25-30,34-38,40-41,51-52,55,59,61-62,64,90-92,96-97H,4-7,10,13-15,22-24,31-33,39,42-50,53-54,56-58,60,63,65-89H2,1-3H3,(H,101,102)(H,103,104)/b11-8-,12-9-,19-16-,20-17-,21-18-,28-25-,29-26-,30-27-,37-34-,38-35-,41-40-,51-36-,55-52-,62-59-,64-61-. The Balaban J connectivity index is 4.60. The summed E-state index contributed by atoms with van der Waals surface area (Å²) in [5.41, 5.74) is 0. The van der Waals surface area contributed by atoms with Crippen LogP contribution >= 0.6 is 15.6 Å². The molecule has 16 nitrogen and oxygen atoms in total. The van der Waals surface area contributed by atoms with Gasteiger partial charge in [-0.2, -0.15) is 0 Å². The molecular formula is C95H158O16P2. The van der Waals surface area contributed by atoms with E-state index in [2.05, 4.69) is 203 Å². The molecule has 18 heteroatoms. The summed E-state index contributed by atoms with van der Waals surface area (Å²) >= 11 is 0. The quantitative estimate of drug-likeness (QED) is 0.0146. The summed E-state index contributed by atoms with van der Waals surface area (Å²) in [6.45, 7) is 2.39. The maximum atomic E-state index is 13.0. The first kappa shape index (κ1) is 108. The molecule has 5 atom stereocenters. The van der Waals surface area contributed by atoms with Gasteiger partial charge in [0.05, 0.1) is 26.4 Å². The summed E-state index contributed by atoms with van der Waals surface area (Å²) in [6.07, 6.45) is 112. The normalized spacial score (nSPS) is 14.7. The van der Waals surface area contributed by atoms with Crippen molar-refractivity contribution in [3.63, 3.8) is 0 Å². The fraction of sp³-hybridized carbons (Fsp3) is 0.653. The van der Waals surface area contributed by atoms with E-state index in [9.17, 15) is 43.5 Å². The van der Waals surface area contributed by atoms with E-state index in [1.165, 1.54) is 116 Å². The average molecular weight is 1620 g/mol. The highest BCUT2D eigenvalue weighted by Gasteiger charge is 2.29. The number of rotatable bonds is 82. The summed E-state index contributed by atoms with van der Waals surface area (Å²) in [5.74, 6) is -1.63. The van der Waals surface area contributed by atoms with E-state index in [4.69, 9.17) is 32.3 Å². The maximum Gasteiger partial charge on any atom is 0.472 e. The molecule has 0 aromatic rings. The van der Waals surface area contributed by atoms with Gasteiger partial charge < -0.3 is 34.2 Å². The van der Waals surface area contributed by atoms with Gasteiger partial charge in [0.2, 0.25) is 0 Å².